The SMILES string of the molecule is CCC(C)C(=O)OCc1cc(-c2ccc(-c3cc(C)c(C4=CC=C5c6ccc(C)cc6N(C(C)C)C5C4)s3)c3nsnc23)sc1C. The van der Waals surface area contributed by atoms with Crippen molar-refractivity contribution >= 4 is 68.2 Å². The number of benzene rings is 2. The van der Waals surface area contributed by atoms with Crippen molar-refractivity contribution < 1.29 is 9.53 Å². The fourth-order valence-corrected chi connectivity index (χ4v) is 9.59. The van der Waals surface area contributed by atoms with Gasteiger partial charge >= 0.3 is 5.97 Å². The van der Waals surface area contributed by atoms with Crippen LogP contribution in [0.3, 0.4) is 0 Å². The second kappa shape index (κ2) is 12.2. The Bertz CT molecular complexity index is 2040. The zero-order valence-corrected chi connectivity index (χ0v) is 29.9. The summed E-state index contributed by atoms with van der Waals surface area (Å²) in [5.74, 6) is -0.229. The first kappa shape index (κ1) is 31.0. The summed E-state index contributed by atoms with van der Waals surface area (Å²) in [7, 11) is 0. The van der Waals surface area contributed by atoms with Crippen LogP contribution in [0.5, 0.6) is 0 Å². The number of thiophene rings is 2. The second-order valence-electron chi connectivity index (χ2n) is 12.9. The van der Waals surface area contributed by atoms with Gasteiger partial charge in [0.1, 0.15) is 17.6 Å². The van der Waals surface area contributed by atoms with E-state index in [2.05, 4.69) is 94.1 Å². The van der Waals surface area contributed by atoms with Crippen LogP contribution in [-0.4, -0.2) is 26.8 Å². The van der Waals surface area contributed by atoms with Crippen molar-refractivity contribution in [3.63, 3.8) is 0 Å². The molecule has 0 saturated heterocycles. The van der Waals surface area contributed by atoms with Crippen LogP contribution in [0.1, 0.15) is 72.5 Å². The molecule has 1 aliphatic heterocycles. The molecular weight excluding hydrogens is 627 g/mol. The average molecular weight is 666 g/mol. The molecule has 4 heterocycles. The molecule has 2 aromatic carbocycles. The van der Waals surface area contributed by atoms with E-state index in [1.807, 2.05) is 25.2 Å². The molecule has 0 saturated carbocycles. The van der Waals surface area contributed by atoms with E-state index in [4.69, 9.17) is 13.5 Å². The number of allylic oxidation sites excluding steroid dienone is 2. The third-order valence-corrected chi connectivity index (χ3v) is 12.4. The Kier molecular flexibility index (Phi) is 8.24. The molecule has 0 spiro atoms. The monoisotopic (exact) mass is 665 g/mol. The lowest BCUT2D eigenvalue weighted by Gasteiger charge is -2.33. The number of aryl methyl sites for hydroxylation is 3. The lowest BCUT2D eigenvalue weighted by Crippen LogP contribution is -2.38. The van der Waals surface area contributed by atoms with Crippen molar-refractivity contribution in [2.75, 3.05) is 4.90 Å². The minimum absolute atomic E-state index is 0.0877. The van der Waals surface area contributed by atoms with Crippen molar-refractivity contribution in [2.24, 2.45) is 5.92 Å². The fourth-order valence-electron chi connectivity index (χ4n) is 6.73. The van der Waals surface area contributed by atoms with E-state index in [9.17, 15) is 4.79 Å². The summed E-state index contributed by atoms with van der Waals surface area (Å²) in [5.41, 5.74) is 13.3. The maximum Gasteiger partial charge on any atom is 0.308 e. The van der Waals surface area contributed by atoms with Gasteiger partial charge < -0.3 is 9.64 Å². The highest BCUT2D eigenvalue weighted by molar-refractivity contribution is 7.17. The van der Waals surface area contributed by atoms with Crippen LogP contribution in [0.4, 0.5) is 5.69 Å². The number of hydrogen-bond donors (Lipinski definition) is 0. The third-order valence-electron chi connectivity index (χ3n) is 9.43. The molecule has 2 aliphatic rings. The molecule has 7 rings (SSSR count). The molecule has 5 aromatic rings. The summed E-state index contributed by atoms with van der Waals surface area (Å²) in [6, 6.07) is 16.5. The van der Waals surface area contributed by atoms with Crippen molar-refractivity contribution in [1.29, 1.82) is 0 Å². The van der Waals surface area contributed by atoms with Gasteiger partial charge in [-0.2, -0.15) is 8.75 Å². The van der Waals surface area contributed by atoms with Crippen molar-refractivity contribution in [3.05, 3.63) is 86.6 Å². The van der Waals surface area contributed by atoms with Gasteiger partial charge in [0.05, 0.1) is 23.7 Å². The Morgan fingerprint density at radius 2 is 1.63 bits per heavy atom. The number of esters is 1. The van der Waals surface area contributed by atoms with E-state index < -0.39 is 0 Å². The minimum Gasteiger partial charge on any atom is -0.461 e. The van der Waals surface area contributed by atoms with E-state index in [-0.39, 0.29) is 11.9 Å². The second-order valence-corrected chi connectivity index (χ2v) is 15.7. The van der Waals surface area contributed by atoms with Gasteiger partial charge in [-0.1, -0.05) is 50.3 Å². The molecule has 0 radical (unpaired) electrons. The van der Waals surface area contributed by atoms with E-state index in [0.29, 0.717) is 18.7 Å². The van der Waals surface area contributed by atoms with Crippen LogP contribution in [0.25, 0.3) is 43.1 Å². The van der Waals surface area contributed by atoms with Crippen LogP contribution >= 0.6 is 34.4 Å². The zero-order valence-electron chi connectivity index (χ0n) is 27.4. The third kappa shape index (κ3) is 5.34. The summed E-state index contributed by atoms with van der Waals surface area (Å²) in [5, 5.41) is 0. The maximum absolute atomic E-state index is 12.3. The number of nitrogens with zero attached hydrogens (tertiary/aromatic N) is 3. The van der Waals surface area contributed by atoms with E-state index in [1.54, 1.807) is 11.3 Å². The molecule has 8 heteroatoms. The molecule has 1 aliphatic carbocycles. The number of aromatic nitrogens is 2. The van der Waals surface area contributed by atoms with Crippen molar-refractivity contribution in [2.45, 2.75) is 80.0 Å². The molecule has 0 amide bonds. The average Bonchev–Trinajstić information content (AvgIpc) is 3.82. The predicted molar refractivity (Wildman–Crippen MR) is 196 cm³/mol. The molecule has 0 fully saturated rings. The summed E-state index contributed by atoms with van der Waals surface area (Å²) in [6.45, 7) is 15.3. The summed E-state index contributed by atoms with van der Waals surface area (Å²) >= 11 is 4.84. The van der Waals surface area contributed by atoms with Gasteiger partial charge in [0.2, 0.25) is 0 Å². The Morgan fingerprint density at radius 1 is 0.935 bits per heavy atom. The van der Waals surface area contributed by atoms with Gasteiger partial charge in [0, 0.05) is 53.5 Å². The predicted octanol–water partition coefficient (Wildman–Crippen LogP) is 10.6. The number of ether oxygens (including phenoxy) is 1. The molecule has 2 atom stereocenters. The number of rotatable bonds is 8. The van der Waals surface area contributed by atoms with E-state index in [0.717, 1.165) is 50.3 Å². The molecule has 46 heavy (non-hydrogen) atoms. The van der Waals surface area contributed by atoms with Gasteiger partial charge in [0.15, 0.2) is 0 Å². The van der Waals surface area contributed by atoms with Gasteiger partial charge in [-0.05, 0) is 87.9 Å². The minimum atomic E-state index is -0.142. The normalized spacial score (nSPS) is 16.4. The summed E-state index contributed by atoms with van der Waals surface area (Å²) in [6.07, 6.45) is 6.49. The first-order valence-corrected chi connectivity index (χ1v) is 18.4. The van der Waals surface area contributed by atoms with Gasteiger partial charge in [0.25, 0.3) is 0 Å². The molecular formula is C38H39N3O2S3. The fraction of sp³-hybridized carbons (Fsp3) is 0.342. The largest absolute Gasteiger partial charge is 0.461 e. The first-order chi connectivity index (χ1) is 22.1. The molecule has 2 unspecified atom stereocenters. The Labute approximate surface area is 283 Å². The summed E-state index contributed by atoms with van der Waals surface area (Å²) < 4.78 is 15.2. The zero-order chi connectivity index (χ0) is 32.3. The molecule has 0 bridgehead atoms. The molecule has 5 nitrogen and oxygen atoms in total. The van der Waals surface area contributed by atoms with Crippen LogP contribution in [0.15, 0.2) is 54.6 Å². The Balaban J connectivity index is 1.19. The summed E-state index contributed by atoms with van der Waals surface area (Å²) in [4.78, 5) is 19.7. The lowest BCUT2D eigenvalue weighted by molar-refractivity contribution is -0.149. The number of carbonyl (C=O) groups excluding carboxylic acids is 1. The van der Waals surface area contributed by atoms with Gasteiger partial charge in [-0.25, -0.2) is 0 Å². The number of anilines is 1. The highest BCUT2D eigenvalue weighted by Gasteiger charge is 2.37. The Morgan fingerprint density at radius 3 is 2.33 bits per heavy atom. The Hall–Kier alpha value is -3.59. The van der Waals surface area contributed by atoms with E-state index >= 15 is 0 Å². The molecule has 0 N–H and O–H groups in total. The van der Waals surface area contributed by atoms with Crippen LogP contribution in [0.2, 0.25) is 0 Å². The molecule has 3 aromatic heterocycles. The number of fused-ring (bicyclic) bond motifs is 4. The lowest BCUT2D eigenvalue weighted by atomic mass is 9.89. The van der Waals surface area contributed by atoms with Crippen LogP contribution in [-0.2, 0) is 16.1 Å². The quantitative estimate of drug-likeness (QED) is 0.154. The van der Waals surface area contributed by atoms with Crippen LogP contribution < -0.4 is 4.90 Å². The molecule has 236 valence electrons. The number of carbonyl (C=O) groups is 1. The first-order valence-electron chi connectivity index (χ1n) is 16.1. The maximum atomic E-state index is 12.3. The topological polar surface area (TPSA) is 55.3 Å². The van der Waals surface area contributed by atoms with Crippen molar-refractivity contribution in [1.82, 2.24) is 8.75 Å². The number of hydrogen-bond acceptors (Lipinski definition) is 8. The van der Waals surface area contributed by atoms with Crippen molar-refractivity contribution in [3.8, 4) is 20.9 Å². The smallest absolute Gasteiger partial charge is 0.308 e. The highest BCUT2D eigenvalue weighted by Crippen LogP contribution is 2.49. The standard InChI is InChI=1S/C38H39N3O2S3/c1-8-22(5)38(42)43-19-26-18-34(44-24(26)7)30-14-13-29(35-36(30)40-46-39-35)33-16-23(6)37(45-33)25-10-12-28-27-11-9-21(4)15-31(27)41(20(2)3)32(28)17-25/h9-16,18,20,22,32H,8,17,19H2,1-7H3. The van der Waals surface area contributed by atoms with Crippen LogP contribution in [0, 0.1) is 26.7 Å². The van der Waals surface area contributed by atoms with Gasteiger partial charge in [-0.3, -0.25) is 4.79 Å². The van der Waals surface area contributed by atoms with Gasteiger partial charge in [-0.15, -0.1) is 22.7 Å². The van der Waals surface area contributed by atoms with E-state index in [1.165, 1.54) is 55.0 Å². The highest BCUT2D eigenvalue weighted by atomic mass is 32.1.